The molecule has 0 saturated heterocycles. The van der Waals surface area contributed by atoms with Gasteiger partial charge in [-0.1, -0.05) is 43.3 Å². The quantitative estimate of drug-likeness (QED) is 0.868. The molecule has 0 fully saturated rings. The van der Waals surface area contributed by atoms with Gasteiger partial charge in [-0.25, -0.2) is 0 Å². The van der Waals surface area contributed by atoms with E-state index in [0.717, 1.165) is 28.5 Å². The molecule has 0 spiro atoms. The molecule has 0 aromatic heterocycles. The zero-order valence-electron chi connectivity index (χ0n) is 10.3. The lowest BCUT2D eigenvalue weighted by atomic mass is 10.0. The Labute approximate surface area is 102 Å². The molecule has 2 nitrogen and oxygen atoms in total. The third-order valence-corrected chi connectivity index (χ3v) is 2.81. The summed E-state index contributed by atoms with van der Waals surface area (Å²) in [4.78, 5) is 0. The van der Waals surface area contributed by atoms with Crippen molar-refractivity contribution in [3.8, 4) is 5.75 Å². The lowest BCUT2D eigenvalue weighted by Crippen LogP contribution is -2.02. The SMILES string of the molecule is CCCOc1c(C(C)O)ccc2ccccc12. The van der Waals surface area contributed by atoms with Gasteiger partial charge in [0.05, 0.1) is 12.7 Å². The van der Waals surface area contributed by atoms with Crippen LogP contribution in [0.5, 0.6) is 5.75 Å². The van der Waals surface area contributed by atoms with E-state index < -0.39 is 6.10 Å². The number of hydrogen-bond donors (Lipinski definition) is 1. The fourth-order valence-corrected chi connectivity index (χ4v) is 1.95. The Morgan fingerprint density at radius 3 is 2.65 bits per heavy atom. The summed E-state index contributed by atoms with van der Waals surface area (Å²) in [5, 5.41) is 12.0. The van der Waals surface area contributed by atoms with Crippen LogP contribution in [0.3, 0.4) is 0 Å². The fourth-order valence-electron chi connectivity index (χ4n) is 1.95. The number of fused-ring (bicyclic) bond motifs is 1. The average Bonchev–Trinajstić information content (AvgIpc) is 2.35. The van der Waals surface area contributed by atoms with Crippen molar-refractivity contribution < 1.29 is 9.84 Å². The normalized spacial score (nSPS) is 12.6. The first kappa shape index (κ1) is 11.9. The number of benzene rings is 2. The first-order valence-corrected chi connectivity index (χ1v) is 6.06. The van der Waals surface area contributed by atoms with Crippen LogP contribution in [-0.4, -0.2) is 11.7 Å². The van der Waals surface area contributed by atoms with Gasteiger partial charge in [-0.05, 0) is 18.7 Å². The Morgan fingerprint density at radius 1 is 1.18 bits per heavy atom. The van der Waals surface area contributed by atoms with Crippen LogP contribution in [0.15, 0.2) is 36.4 Å². The highest BCUT2D eigenvalue weighted by Gasteiger charge is 2.12. The number of aliphatic hydroxyl groups excluding tert-OH is 1. The van der Waals surface area contributed by atoms with Crippen molar-refractivity contribution in [2.75, 3.05) is 6.61 Å². The molecule has 17 heavy (non-hydrogen) atoms. The van der Waals surface area contributed by atoms with Gasteiger partial charge in [0.2, 0.25) is 0 Å². The molecule has 2 heteroatoms. The zero-order valence-corrected chi connectivity index (χ0v) is 10.3. The second-order valence-corrected chi connectivity index (χ2v) is 4.23. The van der Waals surface area contributed by atoms with E-state index >= 15 is 0 Å². The number of aliphatic hydroxyl groups is 1. The predicted octanol–water partition coefficient (Wildman–Crippen LogP) is 3.68. The molecule has 90 valence electrons. The topological polar surface area (TPSA) is 29.5 Å². The summed E-state index contributed by atoms with van der Waals surface area (Å²) in [5.74, 6) is 0.819. The molecule has 1 atom stereocenters. The van der Waals surface area contributed by atoms with E-state index in [0.29, 0.717) is 6.61 Å². The Kier molecular flexibility index (Phi) is 3.64. The maximum atomic E-state index is 9.78. The molecule has 0 bridgehead atoms. The first-order valence-electron chi connectivity index (χ1n) is 6.06. The first-order chi connectivity index (χ1) is 8.24. The van der Waals surface area contributed by atoms with Crippen LogP contribution >= 0.6 is 0 Å². The highest BCUT2D eigenvalue weighted by Crippen LogP contribution is 2.33. The minimum absolute atomic E-state index is 0.508. The Hall–Kier alpha value is -1.54. The standard InChI is InChI=1S/C15H18O2/c1-3-10-17-15-13(11(2)16)9-8-12-6-4-5-7-14(12)15/h4-9,11,16H,3,10H2,1-2H3. The molecular formula is C15H18O2. The smallest absolute Gasteiger partial charge is 0.132 e. The van der Waals surface area contributed by atoms with Crippen molar-refractivity contribution in [3.05, 3.63) is 42.0 Å². The van der Waals surface area contributed by atoms with Crippen LogP contribution in [0, 0.1) is 0 Å². The lowest BCUT2D eigenvalue weighted by molar-refractivity contribution is 0.192. The Morgan fingerprint density at radius 2 is 1.94 bits per heavy atom. The van der Waals surface area contributed by atoms with Gasteiger partial charge in [0.1, 0.15) is 5.75 Å². The van der Waals surface area contributed by atoms with Crippen molar-refractivity contribution in [2.45, 2.75) is 26.4 Å². The molecule has 0 aliphatic rings. The Bertz CT molecular complexity index is 503. The van der Waals surface area contributed by atoms with Crippen LogP contribution in [0.1, 0.15) is 31.9 Å². The molecule has 2 aromatic rings. The molecule has 0 saturated carbocycles. The summed E-state index contributed by atoms with van der Waals surface area (Å²) in [6.45, 7) is 4.52. The van der Waals surface area contributed by atoms with Gasteiger partial charge in [0.15, 0.2) is 0 Å². The maximum Gasteiger partial charge on any atom is 0.132 e. The summed E-state index contributed by atoms with van der Waals surface area (Å²) >= 11 is 0. The van der Waals surface area contributed by atoms with Crippen molar-refractivity contribution >= 4 is 10.8 Å². The van der Waals surface area contributed by atoms with Crippen molar-refractivity contribution in [1.82, 2.24) is 0 Å². The molecule has 0 heterocycles. The Balaban J connectivity index is 2.57. The minimum Gasteiger partial charge on any atom is -0.493 e. The number of ether oxygens (including phenoxy) is 1. The van der Waals surface area contributed by atoms with Crippen LogP contribution in [-0.2, 0) is 0 Å². The van der Waals surface area contributed by atoms with Crippen molar-refractivity contribution in [1.29, 1.82) is 0 Å². The predicted molar refractivity (Wildman–Crippen MR) is 70.4 cm³/mol. The molecule has 2 rings (SSSR count). The van der Waals surface area contributed by atoms with E-state index in [1.807, 2.05) is 30.3 Å². The van der Waals surface area contributed by atoms with Gasteiger partial charge in [-0.15, -0.1) is 0 Å². The van der Waals surface area contributed by atoms with E-state index in [-0.39, 0.29) is 0 Å². The minimum atomic E-state index is -0.508. The molecule has 0 aliphatic heterocycles. The molecule has 0 amide bonds. The van der Waals surface area contributed by atoms with Gasteiger partial charge in [0.25, 0.3) is 0 Å². The van der Waals surface area contributed by atoms with E-state index in [9.17, 15) is 5.11 Å². The highest BCUT2D eigenvalue weighted by atomic mass is 16.5. The molecule has 2 aromatic carbocycles. The third kappa shape index (κ3) is 2.42. The van der Waals surface area contributed by atoms with Crippen LogP contribution in [0.25, 0.3) is 10.8 Å². The summed E-state index contributed by atoms with van der Waals surface area (Å²) in [7, 11) is 0. The lowest BCUT2D eigenvalue weighted by Gasteiger charge is -2.15. The fraction of sp³-hybridized carbons (Fsp3) is 0.333. The van der Waals surface area contributed by atoms with E-state index in [2.05, 4.69) is 13.0 Å². The number of hydrogen-bond acceptors (Lipinski definition) is 2. The summed E-state index contributed by atoms with van der Waals surface area (Å²) < 4.78 is 5.80. The number of rotatable bonds is 4. The molecule has 1 N–H and O–H groups in total. The van der Waals surface area contributed by atoms with E-state index in [4.69, 9.17) is 4.74 Å². The van der Waals surface area contributed by atoms with Gasteiger partial charge in [0, 0.05) is 10.9 Å². The molecule has 1 unspecified atom stereocenters. The van der Waals surface area contributed by atoms with Crippen LogP contribution < -0.4 is 4.74 Å². The largest absolute Gasteiger partial charge is 0.493 e. The summed E-state index contributed by atoms with van der Waals surface area (Å²) in [6, 6.07) is 12.1. The van der Waals surface area contributed by atoms with Crippen molar-refractivity contribution in [3.63, 3.8) is 0 Å². The molecular weight excluding hydrogens is 212 g/mol. The zero-order chi connectivity index (χ0) is 12.3. The molecule has 0 radical (unpaired) electrons. The van der Waals surface area contributed by atoms with Gasteiger partial charge >= 0.3 is 0 Å². The van der Waals surface area contributed by atoms with E-state index in [1.165, 1.54) is 0 Å². The van der Waals surface area contributed by atoms with Crippen LogP contribution in [0.4, 0.5) is 0 Å². The van der Waals surface area contributed by atoms with Gasteiger partial charge in [-0.3, -0.25) is 0 Å². The average molecular weight is 230 g/mol. The molecule has 0 aliphatic carbocycles. The second-order valence-electron chi connectivity index (χ2n) is 4.23. The maximum absolute atomic E-state index is 9.78. The highest BCUT2D eigenvalue weighted by molar-refractivity contribution is 5.89. The van der Waals surface area contributed by atoms with Gasteiger partial charge in [-0.2, -0.15) is 0 Å². The monoisotopic (exact) mass is 230 g/mol. The summed E-state index contributed by atoms with van der Waals surface area (Å²) in [6.07, 6.45) is 0.453. The van der Waals surface area contributed by atoms with Crippen molar-refractivity contribution in [2.24, 2.45) is 0 Å². The van der Waals surface area contributed by atoms with Crippen LogP contribution in [0.2, 0.25) is 0 Å². The second kappa shape index (κ2) is 5.19. The third-order valence-electron chi connectivity index (χ3n) is 2.81. The van der Waals surface area contributed by atoms with E-state index in [1.54, 1.807) is 6.92 Å². The summed E-state index contributed by atoms with van der Waals surface area (Å²) in [5.41, 5.74) is 0.858. The van der Waals surface area contributed by atoms with Gasteiger partial charge < -0.3 is 9.84 Å².